The van der Waals surface area contributed by atoms with Crippen LogP contribution in [0.2, 0.25) is 0 Å². The molecule has 3 heteroatoms. The SMILES string of the molecule is CCCCCCC(=O)NCC1(CBr)CC1. The third-order valence-corrected chi connectivity index (χ3v) is 4.35. The summed E-state index contributed by atoms with van der Waals surface area (Å²) in [5.41, 5.74) is 0.402. The van der Waals surface area contributed by atoms with Crippen molar-refractivity contribution in [3.05, 3.63) is 0 Å². The van der Waals surface area contributed by atoms with Crippen molar-refractivity contribution in [1.29, 1.82) is 0 Å². The predicted molar refractivity (Wildman–Crippen MR) is 67.2 cm³/mol. The van der Waals surface area contributed by atoms with Gasteiger partial charge in [0.25, 0.3) is 0 Å². The van der Waals surface area contributed by atoms with E-state index >= 15 is 0 Å². The lowest BCUT2D eigenvalue weighted by molar-refractivity contribution is -0.121. The molecule has 2 nitrogen and oxygen atoms in total. The maximum absolute atomic E-state index is 11.5. The Labute approximate surface area is 101 Å². The number of alkyl halides is 1. The van der Waals surface area contributed by atoms with E-state index in [1.165, 1.54) is 32.1 Å². The second-order valence-electron chi connectivity index (χ2n) is 4.72. The molecule has 1 aliphatic rings. The van der Waals surface area contributed by atoms with E-state index in [2.05, 4.69) is 28.2 Å². The lowest BCUT2D eigenvalue weighted by Gasteiger charge is -2.12. The molecule has 15 heavy (non-hydrogen) atoms. The van der Waals surface area contributed by atoms with E-state index < -0.39 is 0 Å². The Kier molecular flexibility index (Phi) is 5.65. The van der Waals surface area contributed by atoms with Gasteiger partial charge >= 0.3 is 0 Å². The molecule has 0 saturated heterocycles. The molecule has 1 N–H and O–H groups in total. The number of hydrogen-bond donors (Lipinski definition) is 1. The predicted octanol–water partition coefficient (Wildman–Crippen LogP) is 3.25. The first kappa shape index (κ1) is 13.0. The van der Waals surface area contributed by atoms with Crippen LogP contribution < -0.4 is 5.32 Å². The highest BCUT2D eigenvalue weighted by atomic mass is 79.9. The normalized spacial score (nSPS) is 17.5. The molecule has 0 unspecified atom stereocenters. The second-order valence-corrected chi connectivity index (χ2v) is 5.28. The lowest BCUT2D eigenvalue weighted by Crippen LogP contribution is -2.30. The zero-order valence-electron chi connectivity index (χ0n) is 9.65. The maximum Gasteiger partial charge on any atom is 0.220 e. The van der Waals surface area contributed by atoms with Gasteiger partial charge in [0.1, 0.15) is 0 Å². The van der Waals surface area contributed by atoms with Crippen molar-refractivity contribution in [2.45, 2.75) is 51.9 Å². The van der Waals surface area contributed by atoms with Gasteiger partial charge in [-0.1, -0.05) is 42.1 Å². The first-order valence-electron chi connectivity index (χ1n) is 6.05. The van der Waals surface area contributed by atoms with Gasteiger partial charge in [-0.25, -0.2) is 0 Å². The number of halogens is 1. The van der Waals surface area contributed by atoms with Crippen molar-refractivity contribution in [2.24, 2.45) is 5.41 Å². The van der Waals surface area contributed by atoms with Crippen molar-refractivity contribution in [2.75, 3.05) is 11.9 Å². The topological polar surface area (TPSA) is 29.1 Å². The number of carbonyl (C=O) groups excluding carboxylic acids is 1. The third-order valence-electron chi connectivity index (χ3n) is 3.16. The molecule has 1 saturated carbocycles. The number of unbranched alkanes of at least 4 members (excludes halogenated alkanes) is 3. The van der Waals surface area contributed by atoms with E-state index in [1.807, 2.05) is 0 Å². The molecule has 0 bridgehead atoms. The van der Waals surface area contributed by atoms with Crippen LogP contribution in [0.5, 0.6) is 0 Å². The Morgan fingerprint density at radius 1 is 1.33 bits per heavy atom. The average molecular weight is 276 g/mol. The molecule has 0 spiro atoms. The standard InChI is InChI=1S/C12H22BrNO/c1-2-3-4-5-6-11(15)14-10-12(9-13)7-8-12/h2-10H2,1H3,(H,14,15). The molecule has 1 fully saturated rings. The van der Waals surface area contributed by atoms with Gasteiger partial charge in [0.15, 0.2) is 0 Å². The van der Waals surface area contributed by atoms with E-state index in [-0.39, 0.29) is 5.91 Å². The summed E-state index contributed by atoms with van der Waals surface area (Å²) >= 11 is 3.51. The summed E-state index contributed by atoms with van der Waals surface area (Å²) < 4.78 is 0. The van der Waals surface area contributed by atoms with Gasteiger partial charge < -0.3 is 5.32 Å². The number of amides is 1. The molecular formula is C12H22BrNO. The van der Waals surface area contributed by atoms with Crippen molar-refractivity contribution in [1.82, 2.24) is 5.32 Å². The Hall–Kier alpha value is -0.0500. The molecule has 0 heterocycles. The van der Waals surface area contributed by atoms with Crippen LogP contribution in [-0.2, 0) is 4.79 Å². The molecule has 1 amide bonds. The van der Waals surface area contributed by atoms with E-state index in [0.29, 0.717) is 11.8 Å². The zero-order valence-corrected chi connectivity index (χ0v) is 11.2. The summed E-state index contributed by atoms with van der Waals surface area (Å²) in [6.07, 6.45) is 7.93. The molecule has 1 aliphatic carbocycles. The molecule has 0 aromatic carbocycles. The van der Waals surface area contributed by atoms with Crippen LogP contribution in [0.3, 0.4) is 0 Å². The monoisotopic (exact) mass is 275 g/mol. The summed E-state index contributed by atoms with van der Waals surface area (Å²) in [5.74, 6) is 0.235. The quantitative estimate of drug-likeness (QED) is 0.535. The summed E-state index contributed by atoms with van der Waals surface area (Å²) in [7, 11) is 0. The van der Waals surface area contributed by atoms with Crippen LogP contribution in [0.25, 0.3) is 0 Å². The summed E-state index contributed by atoms with van der Waals surface area (Å²) in [4.78, 5) is 11.5. The molecule has 0 aliphatic heterocycles. The van der Waals surface area contributed by atoms with E-state index in [0.717, 1.165) is 18.3 Å². The molecule has 0 radical (unpaired) electrons. The molecule has 0 atom stereocenters. The average Bonchev–Trinajstić information content (AvgIpc) is 3.02. The Morgan fingerprint density at radius 2 is 2.07 bits per heavy atom. The van der Waals surface area contributed by atoms with Gasteiger partial charge in [-0.15, -0.1) is 0 Å². The van der Waals surface area contributed by atoms with Crippen LogP contribution in [-0.4, -0.2) is 17.8 Å². The summed E-state index contributed by atoms with van der Waals surface area (Å²) in [5, 5.41) is 4.07. The van der Waals surface area contributed by atoms with Crippen molar-refractivity contribution >= 4 is 21.8 Å². The van der Waals surface area contributed by atoms with Crippen LogP contribution in [0.15, 0.2) is 0 Å². The lowest BCUT2D eigenvalue weighted by atomic mass is 10.1. The maximum atomic E-state index is 11.5. The highest BCUT2D eigenvalue weighted by molar-refractivity contribution is 9.09. The minimum atomic E-state index is 0.235. The van der Waals surface area contributed by atoms with Crippen LogP contribution in [0, 0.1) is 5.41 Å². The van der Waals surface area contributed by atoms with Crippen molar-refractivity contribution < 1.29 is 4.79 Å². The van der Waals surface area contributed by atoms with Gasteiger partial charge in [-0.3, -0.25) is 4.79 Å². The molecule has 88 valence electrons. The Bertz CT molecular complexity index is 202. The van der Waals surface area contributed by atoms with Gasteiger partial charge in [0.2, 0.25) is 5.91 Å². The smallest absolute Gasteiger partial charge is 0.220 e. The molecule has 0 aromatic rings. The minimum absolute atomic E-state index is 0.235. The van der Waals surface area contributed by atoms with Gasteiger partial charge in [0, 0.05) is 18.3 Å². The Morgan fingerprint density at radius 3 is 2.60 bits per heavy atom. The molecular weight excluding hydrogens is 254 g/mol. The van der Waals surface area contributed by atoms with Crippen LogP contribution >= 0.6 is 15.9 Å². The van der Waals surface area contributed by atoms with E-state index in [9.17, 15) is 4.79 Å². The van der Waals surface area contributed by atoms with Gasteiger partial charge in [0.05, 0.1) is 0 Å². The summed E-state index contributed by atoms with van der Waals surface area (Å²) in [6, 6.07) is 0. The van der Waals surface area contributed by atoms with E-state index in [4.69, 9.17) is 0 Å². The third kappa shape index (κ3) is 5.01. The summed E-state index contributed by atoms with van der Waals surface area (Å²) in [6.45, 7) is 3.05. The number of hydrogen-bond acceptors (Lipinski definition) is 1. The van der Waals surface area contributed by atoms with Crippen molar-refractivity contribution in [3.63, 3.8) is 0 Å². The van der Waals surface area contributed by atoms with Gasteiger partial charge in [-0.2, -0.15) is 0 Å². The minimum Gasteiger partial charge on any atom is -0.356 e. The fraction of sp³-hybridized carbons (Fsp3) is 0.917. The first-order chi connectivity index (χ1) is 7.22. The van der Waals surface area contributed by atoms with Crippen LogP contribution in [0.1, 0.15) is 51.9 Å². The fourth-order valence-corrected chi connectivity index (χ4v) is 2.38. The first-order valence-corrected chi connectivity index (χ1v) is 7.17. The second kappa shape index (κ2) is 6.51. The van der Waals surface area contributed by atoms with Crippen LogP contribution in [0.4, 0.5) is 0 Å². The number of rotatable bonds is 8. The largest absolute Gasteiger partial charge is 0.356 e. The van der Waals surface area contributed by atoms with Gasteiger partial charge in [-0.05, 0) is 24.7 Å². The molecule has 1 rings (SSSR count). The van der Waals surface area contributed by atoms with Crippen molar-refractivity contribution in [3.8, 4) is 0 Å². The number of nitrogens with one attached hydrogen (secondary N) is 1. The highest BCUT2D eigenvalue weighted by Crippen LogP contribution is 2.46. The number of carbonyl (C=O) groups is 1. The zero-order chi connectivity index (χ0) is 11.1. The molecule has 0 aromatic heterocycles. The highest BCUT2D eigenvalue weighted by Gasteiger charge is 2.41. The fourth-order valence-electron chi connectivity index (χ4n) is 1.62. The van der Waals surface area contributed by atoms with E-state index in [1.54, 1.807) is 0 Å². The Balaban J connectivity index is 1.99.